The third-order valence-electron chi connectivity index (χ3n) is 5.51. The smallest absolute Gasteiger partial charge is 0.337 e. The first-order valence-corrected chi connectivity index (χ1v) is 9.60. The normalized spacial score (nSPS) is 20.4. The van der Waals surface area contributed by atoms with Crippen LogP contribution in [0.2, 0.25) is 0 Å². The van der Waals surface area contributed by atoms with Gasteiger partial charge in [0.05, 0.1) is 5.56 Å². The van der Waals surface area contributed by atoms with Gasteiger partial charge in [-0.1, -0.05) is 55.8 Å². The molecule has 5 heteroatoms. The number of aliphatic carboxylic acids is 1. The van der Waals surface area contributed by atoms with Gasteiger partial charge in [0.1, 0.15) is 11.5 Å². The van der Waals surface area contributed by atoms with E-state index in [-0.39, 0.29) is 39.9 Å². The number of aliphatic hydroxyl groups is 1. The van der Waals surface area contributed by atoms with Crippen molar-refractivity contribution >= 4 is 11.8 Å². The van der Waals surface area contributed by atoms with Crippen molar-refractivity contribution in [2.45, 2.75) is 33.8 Å². The fourth-order valence-corrected chi connectivity index (χ4v) is 3.88. The van der Waals surface area contributed by atoms with Crippen molar-refractivity contribution in [1.29, 1.82) is 0 Å². The predicted octanol–water partition coefficient (Wildman–Crippen LogP) is 5.02. The van der Waals surface area contributed by atoms with Crippen LogP contribution < -0.4 is 4.74 Å². The van der Waals surface area contributed by atoms with E-state index < -0.39 is 12.1 Å². The minimum absolute atomic E-state index is 0.0505. The lowest BCUT2D eigenvalue weighted by Crippen LogP contribution is -2.18. The zero-order chi connectivity index (χ0) is 21.3. The Morgan fingerprint density at radius 1 is 1.07 bits per heavy atom. The number of carboxylic acid groups (broad SMARTS) is 1. The summed E-state index contributed by atoms with van der Waals surface area (Å²) in [5.74, 6) is -1.10. The van der Waals surface area contributed by atoms with Crippen LogP contribution in [-0.2, 0) is 4.79 Å². The van der Waals surface area contributed by atoms with E-state index >= 15 is 0 Å². The molecule has 1 aliphatic rings. The summed E-state index contributed by atoms with van der Waals surface area (Å²) in [7, 11) is 0. The van der Waals surface area contributed by atoms with Gasteiger partial charge in [0.15, 0.2) is 11.9 Å². The fourth-order valence-electron chi connectivity index (χ4n) is 3.88. The zero-order valence-electron chi connectivity index (χ0n) is 17.0. The van der Waals surface area contributed by atoms with Gasteiger partial charge in [-0.25, -0.2) is 4.79 Å². The van der Waals surface area contributed by atoms with Crippen LogP contribution in [0.5, 0.6) is 11.5 Å². The van der Waals surface area contributed by atoms with E-state index in [4.69, 9.17) is 4.74 Å². The van der Waals surface area contributed by atoms with Crippen LogP contribution in [0, 0.1) is 17.3 Å². The molecular weight excluding hydrogens is 368 g/mol. The second-order valence-electron chi connectivity index (χ2n) is 8.31. The van der Waals surface area contributed by atoms with Crippen molar-refractivity contribution in [3.05, 3.63) is 71.3 Å². The van der Waals surface area contributed by atoms with E-state index in [1.54, 1.807) is 24.3 Å². The fraction of sp³-hybridized carbons (Fsp3) is 0.333. The highest BCUT2D eigenvalue weighted by Crippen LogP contribution is 2.61. The highest BCUT2D eigenvalue weighted by atomic mass is 16.5. The summed E-state index contributed by atoms with van der Waals surface area (Å²) < 4.78 is 5.92. The monoisotopic (exact) mass is 394 g/mol. The summed E-state index contributed by atoms with van der Waals surface area (Å²) in [5.41, 5.74) is 1.06. The van der Waals surface area contributed by atoms with Crippen molar-refractivity contribution in [2.24, 2.45) is 17.3 Å². The Kier molecular flexibility index (Phi) is 5.62. The molecule has 0 aliphatic heterocycles. The Morgan fingerprint density at radius 2 is 1.72 bits per heavy atom. The maximum atomic E-state index is 13.6. The molecule has 1 saturated carbocycles. The average Bonchev–Trinajstić information content (AvgIpc) is 3.20. The van der Waals surface area contributed by atoms with Gasteiger partial charge in [0, 0.05) is 11.5 Å². The first kappa shape index (κ1) is 20.8. The molecule has 5 nitrogen and oxygen atoms in total. The lowest BCUT2D eigenvalue weighted by Gasteiger charge is -2.17. The van der Waals surface area contributed by atoms with Crippen LogP contribution in [0.1, 0.15) is 49.7 Å². The number of Topliss-reactive ketones (excluding diaryl/α,β-unsaturated/α-hetero) is 1. The van der Waals surface area contributed by atoms with Gasteiger partial charge < -0.3 is 14.9 Å². The molecular formula is C24H26O5. The molecule has 0 radical (unpaired) electrons. The number of hydrogen-bond donors (Lipinski definition) is 2. The molecule has 2 N–H and O–H groups in total. The molecule has 0 amide bonds. The minimum Gasteiger partial charge on any atom is -0.479 e. The van der Waals surface area contributed by atoms with Gasteiger partial charge >= 0.3 is 5.97 Å². The van der Waals surface area contributed by atoms with Gasteiger partial charge in [0.2, 0.25) is 0 Å². The lowest BCUT2D eigenvalue weighted by molar-refractivity contribution is -0.146. The number of hydrogen-bond acceptors (Lipinski definition) is 4. The number of aliphatic hydroxyl groups excluding tert-OH is 1. The lowest BCUT2D eigenvalue weighted by atomic mass is 9.93. The van der Waals surface area contributed by atoms with E-state index in [9.17, 15) is 19.8 Å². The van der Waals surface area contributed by atoms with Crippen LogP contribution in [0.4, 0.5) is 0 Å². The number of allylic oxidation sites excluding steroid dienone is 2. The van der Waals surface area contributed by atoms with Gasteiger partial charge in [-0.2, -0.15) is 0 Å². The summed E-state index contributed by atoms with van der Waals surface area (Å²) in [6.07, 6.45) is 0.272. The minimum atomic E-state index is -1.81. The molecule has 2 aromatic rings. The van der Waals surface area contributed by atoms with Gasteiger partial charge in [-0.3, -0.25) is 4.79 Å². The molecule has 1 aliphatic carbocycles. The van der Waals surface area contributed by atoms with E-state index in [0.29, 0.717) is 5.75 Å². The second kappa shape index (κ2) is 7.84. The molecule has 1 fully saturated rings. The van der Waals surface area contributed by atoms with Crippen molar-refractivity contribution in [3.63, 3.8) is 0 Å². The number of benzene rings is 2. The van der Waals surface area contributed by atoms with Crippen LogP contribution in [0.15, 0.2) is 60.2 Å². The molecule has 0 saturated heterocycles. The molecule has 0 aromatic heterocycles. The maximum Gasteiger partial charge on any atom is 0.337 e. The van der Waals surface area contributed by atoms with Crippen LogP contribution in [0.25, 0.3) is 0 Å². The zero-order valence-corrected chi connectivity index (χ0v) is 17.0. The molecule has 2 aromatic carbocycles. The van der Waals surface area contributed by atoms with Gasteiger partial charge in [0.25, 0.3) is 0 Å². The maximum absolute atomic E-state index is 13.6. The van der Waals surface area contributed by atoms with Crippen molar-refractivity contribution in [1.82, 2.24) is 0 Å². The summed E-state index contributed by atoms with van der Waals surface area (Å²) in [5, 5.41) is 19.6. The molecule has 152 valence electrons. The number of carbonyl (C=O) groups excluding carboxylic acids is 1. The van der Waals surface area contributed by atoms with E-state index in [0.717, 1.165) is 5.57 Å². The van der Waals surface area contributed by atoms with Crippen molar-refractivity contribution < 1.29 is 24.5 Å². The summed E-state index contributed by atoms with van der Waals surface area (Å²) in [6.45, 7) is 8.02. The summed E-state index contributed by atoms with van der Waals surface area (Å²) in [6, 6.07) is 13.6. The topological polar surface area (TPSA) is 83.8 Å². The number of carbonyl (C=O) groups is 2. The second-order valence-corrected chi connectivity index (χ2v) is 8.31. The third kappa shape index (κ3) is 4.10. The van der Waals surface area contributed by atoms with E-state index in [1.807, 2.05) is 45.9 Å². The highest BCUT2D eigenvalue weighted by molar-refractivity contribution is 6.05. The molecule has 3 atom stereocenters. The summed E-state index contributed by atoms with van der Waals surface area (Å²) >= 11 is 0. The Morgan fingerprint density at radius 3 is 2.31 bits per heavy atom. The number of carboxylic acids is 1. The third-order valence-corrected chi connectivity index (χ3v) is 5.51. The van der Waals surface area contributed by atoms with Crippen LogP contribution in [0.3, 0.4) is 0 Å². The van der Waals surface area contributed by atoms with Crippen LogP contribution in [-0.4, -0.2) is 22.0 Å². The SMILES string of the molecule is CC(C)=CC1C(C(=O)c2c(Oc3ccccc3)cccc2[C@@H](O)C(=O)O)C1(C)C. The van der Waals surface area contributed by atoms with E-state index in [1.165, 1.54) is 6.07 Å². The molecule has 0 spiro atoms. The molecule has 0 heterocycles. The number of rotatable bonds is 7. The molecule has 0 bridgehead atoms. The first-order valence-electron chi connectivity index (χ1n) is 9.60. The Hall–Kier alpha value is -2.92. The van der Waals surface area contributed by atoms with Crippen LogP contribution >= 0.6 is 0 Å². The van der Waals surface area contributed by atoms with Gasteiger partial charge in [-0.05, 0) is 43.4 Å². The molecule has 29 heavy (non-hydrogen) atoms. The van der Waals surface area contributed by atoms with E-state index in [2.05, 4.69) is 6.08 Å². The number of para-hydroxylation sites is 1. The number of ether oxygens (including phenoxy) is 1. The number of ketones is 1. The predicted molar refractivity (Wildman–Crippen MR) is 110 cm³/mol. The van der Waals surface area contributed by atoms with Crippen molar-refractivity contribution in [2.75, 3.05) is 0 Å². The first-order chi connectivity index (χ1) is 13.6. The highest BCUT2D eigenvalue weighted by Gasteiger charge is 2.60. The Bertz CT molecular complexity index is 954. The molecule has 2 unspecified atom stereocenters. The standard InChI is InChI=1S/C24H26O5/c1-14(2)13-17-20(24(17,3)4)22(26)19-16(21(25)23(27)28)11-8-12-18(19)29-15-9-6-5-7-10-15/h5-13,17,20-21,25H,1-4H3,(H,27,28)/t17?,20?,21-/m1/s1. The van der Waals surface area contributed by atoms with Crippen molar-refractivity contribution in [3.8, 4) is 11.5 Å². The largest absolute Gasteiger partial charge is 0.479 e. The average molecular weight is 394 g/mol. The molecule has 3 rings (SSSR count). The quantitative estimate of drug-likeness (QED) is 0.509. The summed E-state index contributed by atoms with van der Waals surface area (Å²) in [4.78, 5) is 25.0. The van der Waals surface area contributed by atoms with Gasteiger partial charge in [-0.15, -0.1) is 0 Å². The Balaban J connectivity index is 2.08. The Labute approximate surface area is 170 Å².